The van der Waals surface area contributed by atoms with Crippen LogP contribution in [0.25, 0.3) is 0 Å². The number of furan rings is 1. The average Bonchev–Trinajstić information content (AvgIpc) is 3.85. The van der Waals surface area contributed by atoms with Crippen LogP contribution in [0.15, 0.2) is 23.0 Å². The molecule has 4 saturated carbocycles. The number of hydrogen-bond donors (Lipinski definition) is 2. The second-order valence-corrected chi connectivity index (χ2v) is 17.0. The van der Waals surface area contributed by atoms with Gasteiger partial charge in [0.05, 0.1) is 25.1 Å². The lowest BCUT2D eigenvalue weighted by Crippen LogP contribution is -2.96. The molecule has 2 saturated heterocycles. The van der Waals surface area contributed by atoms with Crippen LogP contribution >= 0.6 is 0 Å². The van der Waals surface area contributed by atoms with Gasteiger partial charge in [-0.15, -0.1) is 0 Å². The first-order valence-electron chi connectivity index (χ1n) is 18.2. The van der Waals surface area contributed by atoms with Crippen molar-refractivity contribution >= 4 is 35.8 Å². The van der Waals surface area contributed by atoms with Crippen molar-refractivity contribution in [1.29, 1.82) is 0 Å². The molecule has 6 aliphatic rings. The molecular formula is C38H48O17. The van der Waals surface area contributed by atoms with Gasteiger partial charge in [0.25, 0.3) is 0 Å². The van der Waals surface area contributed by atoms with Gasteiger partial charge in [0.1, 0.15) is 29.0 Å². The molecule has 0 amide bonds. The molecule has 4 aliphatic carbocycles. The van der Waals surface area contributed by atoms with E-state index >= 15 is 0 Å². The zero-order valence-corrected chi connectivity index (χ0v) is 32.4. The van der Waals surface area contributed by atoms with Gasteiger partial charge in [0.15, 0.2) is 24.1 Å². The molecule has 15 atom stereocenters. The minimum absolute atomic E-state index is 0.0929. The van der Waals surface area contributed by atoms with Crippen LogP contribution in [-0.4, -0.2) is 106 Å². The Kier molecular flexibility index (Phi) is 8.36. The molecule has 302 valence electrons. The van der Waals surface area contributed by atoms with Gasteiger partial charge >= 0.3 is 35.8 Å². The summed E-state index contributed by atoms with van der Waals surface area (Å²) in [6.45, 7) is 11.9. The summed E-state index contributed by atoms with van der Waals surface area (Å²) in [5, 5.41) is 28.0. The molecule has 2 N–H and O–H groups in total. The van der Waals surface area contributed by atoms with Crippen LogP contribution in [0.5, 0.6) is 0 Å². The number of carbonyl (C=O) groups is 6. The van der Waals surface area contributed by atoms with Crippen molar-refractivity contribution in [3.63, 3.8) is 0 Å². The predicted octanol–water partition coefficient (Wildman–Crippen LogP) is 1.98. The molecule has 7 rings (SSSR count). The van der Waals surface area contributed by atoms with Crippen LogP contribution in [0.4, 0.5) is 0 Å². The van der Waals surface area contributed by atoms with E-state index < -0.39 is 129 Å². The van der Waals surface area contributed by atoms with Crippen LogP contribution in [0.3, 0.4) is 0 Å². The molecule has 2 aliphatic heterocycles. The second-order valence-electron chi connectivity index (χ2n) is 17.0. The fraction of sp³-hybridized carbons (Fsp3) is 0.737. The van der Waals surface area contributed by atoms with Gasteiger partial charge in [-0.25, -0.2) is 0 Å². The summed E-state index contributed by atoms with van der Waals surface area (Å²) in [6, 6.07) is 1.53. The first-order valence-corrected chi connectivity index (χ1v) is 18.2. The van der Waals surface area contributed by atoms with Gasteiger partial charge in [-0.2, -0.15) is 0 Å². The van der Waals surface area contributed by atoms with E-state index in [0.717, 1.165) is 34.8 Å². The quantitative estimate of drug-likeness (QED) is 0.270. The predicted molar refractivity (Wildman–Crippen MR) is 179 cm³/mol. The second kappa shape index (κ2) is 11.7. The minimum atomic E-state index is -2.71. The number of methoxy groups -OCH3 is 1. The maximum atomic E-state index is 14.3. The molecule has 17 nitrogen and oxygen atoms in total. The highest BCUT2D eigenvalue weighted by Crippen LogP contribution is 2.87. The Morgan fingerprint density at radius 2 is 1.49 bits per heavy atom. The smallest absolute Gasteiger partial charge is 0.305 e. The monoisotopic (exact) mass is 776 g/mol. The van der Waals surface area contributed by atoms with Crippen molar-refractivity contribution in [1.82, 2.24) is 0 Å². The van der Waals surface area contributed by atoms with E-state index in [4.69, 9.17) is 42.3 Å². The highest BCUT2D eigenvalue weighted by atomic mass is 16.8. The first kappa shape index (κ1) is 39.2. The Morgan fingerprint density at radius 1 is 0.873 bits per heavy atom. The minimum Gasteiger partial charge on any atom is -0.472 e. The van der Waals surface area contributed by atoms with E-state index in [2.05, 4.69) is 0 Å². The van der Waals surface area contributed by atoms with E-state index in [-0.39, 0.29) is 12.8 Å². The van der Waals surface area contributed by atoms with Crippen molar-refractivity contribution in [2.75, 3.05) is 7.11 Å². The number of aliphatic hydroxyl groups is 2. The molecule has 1 spiro atoms. The van der Waals surface area contributed by atoms with Gasteiger partial charge in [-0.3, -0.25) is 28.8 Å². The number of esters is 6. The highest BCUT2D eigenvalue weighted by molar-refractivity contribution is 5.73. The van der Waals surface area contributed by atoms with Gasteiger partial charge in [-0.1, -0.05) is 20.8 Å². The summed E-state index contributed by atoms with van der Waals surface area (Å²) in [5.74, 6) is -9.09. The Hall–Kier alpha value is -4.06. The van der Waals surface area contributed by atoms with Crippen molar-refractivity contribution < 1.29 is 81.3 Å². The SMILES string of the molecule is COC(=O)C[C@H]1[C@]2(C)C[C@]3(O)[C@@](OC(C)=O)([C@H]4O[C@]5(C)C[C@H]6C4(O5)[C@](O)([C@H](OC(C)=O)[C@H](OC(C)=O)[C@@]6(C)[C@H](OC(C)=O)c4ccoc4)[C@]13C)[C@H]2OC(C)=O. The number of carbonyl (C=O) groups excluding carboxylic acids is 6. The Balaban J connectivity index is 1.66. The molecular weight excluding hydrogens is 728 g/mol. The van der Waals surface area contributed by atoms with Crippen LogP contribution < -0.4 is 0 Å². The molecule has 6 fully saturated rings. The summed E-state index contributed by atoms with van der Waals surface area (Å²) in [6.07, 6.45) is -6.47. The van der Waals surface area contributed by atoms with Crippen LogP contribution in [0.1, 0.15) is 93.2 Å². The zero-order chi connectivity index (χ0) is 40.7. The standard InChI is InChI=1S/C38H48O17/c1-17(39)49-26(22-11-12-48-15-22)33(8)24-14-32(7)54-30-36(24,55-32)38(46,28(51-19(3)41)27(33)50-18(2)40)34(9)23(13-25(44)47-10)31(6)16-35(34,45)37(30,53-21(5)43)29(31)52-20(4)42/h11-12,15,23-24,26-30,45-46H,13-14,16H2,1-10H3/t23-,24+,26+,27-,28+,29-,30-,31-,32-,33+,34+,35+,36?,37-,38-/m0/s1. The van der Waals surface area contributed by atoms with E-state index in [0.29, 0.717) is 5.56 Å². The van der Waals surface area contributed by atoms with Gasteiger partial charge in [-0.05, 0) is 25.3 Å². The van der Waals surface area contributed by atoms with E-state index in [9.17, 15) is 39.0 Å². The van der Waals surface area contributed by atoms with Gasteiger partial charge < -0.3 is 52.5 Å². The lowest BCUT2D eigenvalue weighted by Gasteiger charge is -2.77. The third kappa shape index (κ3) is 4.38. The fourth-order valence-corrected chi connectivity index (χ4v) is 12.9. The van der Waals surface area contributed by atoms with Crippen LogP contribution in [-0.2, 0) is 66.7 Å². The number of ether oxygens (including phenoxy) is 8. The van der Waals surface area contributed by atoms with E-state index in [1.54, 1.807) is 20.8 Å². The molecule has 17 heteroatoms. The third-order valence-electron chi connectivity index (χ3n) is 14.2. The maximum Gasteiger partial charge on any atom is 0.305 e. The molecule has 1 aromatic rings. The molecule has 3 heterocycles. The summed E-state index contributed by atoms with van der Waals surface area (Å²) < 4.78 is 55.1. The summed E-state index contributed by atoms with van der Waals surface area (Å²) in [5.41, 5.74) is -14.8. The van der Waals surface area contributed by atoms with Gasteiger partial charge in [0, 0.05) is 69.8 Å². The third-order valence-corrected chi connectivity index (χ3v) is 14.2. The molecule has 1 aromatic heterocycles. The van der Waals surface area contributed by atoms with E-state index in [1.165, 1.54) is 32.4 Å². The van der Waals surface area contributed by atoms with Crippen molar-refractivity contribution in [2.45, 2.75) is 140 Å². The Bertz CT molecular complexity index is 1860. The molecule has 4 bridgehead atoms. The molecule has 0 aromatic carbocycles. The fourth-order valence-electron chi connectivity index (χ4n) is 12.9. The lowest BCUT2D eigenvalue weighted by atomic mass is 9.32. The van der Waals surface area contributed by atoms with Crippen molar-refractivity contribution in [3.8, 4) is 0 Å². The Labute approximate surface area is 316 Å². The molecule has 1 unspecified atom stereocenters. The van der Waals surface area contributed by atoms with E-state index in [1.807, 2.05) is 0 Å². The Morgan fingerprint density at radius 3 is 2.02 bits per heavy atom. The largest absolute Gasteiger partial charge is 0.472 e. The van der Waals surface area contributed by atoms with Gasteiger partial charge in [0.2, 0.25) is 5.60 Å². The number of rotatable bonds is 9. The summed E-state index contributed by atoms with van der Waals surface area (Å²) in [4.78, 5) is 79.6. The topological polar surface area (TPSA) is 230 Å². The molecule has 55 heavy (non-hydrogen) atoms. The van der Waals surface area contributed by atoms with Crippen LogP contribution in [0.2, 0.25) is 0 Å². The average molecular weight is 777 g/mol. The maximum absolute atomic E-state index is 14.3. The first-order chi connectivity index (χ1) is 25.4. The highest BCUT2D eigenvalue weighted by Gasteiger charge is 3.04. The number of fused-ring (bicyclic) bond motifs is 4. The van der Waals surface area contributed by atoms with Crippen molar-refractivity contribution in [2.24, 2.45) is 28.1 Å². The van der Waals surface area contributed by atoms with Crippen molar-refractivity contribution in [3.05, 3.63) is 24.2 Å². The normalized spacial score (nSPS) is 47.3. The molecule has 0 radical (unpaired) electrons. The summed E-state index contributed by atoms with van der Waals surface area (Å²) >= 11 is 0. The number of hydrogen-bond acceptors (Lipinski definition) is 17. The summed E-state index contributed by atoms with van der Waals surface area (Å²) in [7, 11) is 1.16. The lowest BCUT2D eigenvalue weighted by molar-refractivity contribution is -0.440. The van der Waals surface area contributed by atoms with Crippen LogP contribution in [0, 0.1) is 28.1 Å². The zero-order valence-electron chi connectivity index (χ0n) is 32.4.